The Bertz CT molecular complexity index is 315. The fraction of sp³-hybridized carbons (Fsp3) is 0.455. The van der Waals surface area contributed by atoms with Crippen LogP contribution in [0.2, 0.25) is 5.02 Å². The molecule has 0 aromatic heterocycles. The normalized spacial score (nSPS) is 10.7. The van der Waals surface area contributed by atoms with Crippen molar-refractivity contribution >= 4 is 11.6 Å². The predicted molar refractivity (Wildman–Crippen MR) is 56.9 cm³/mol. The summed E-state index contributed by atoms with van der Waals surface area (Å²) in [5.74, 6) is 0.316. The second-order valence-electron chi connectivity index (χ2n) is 3.22. The highest BCUT2D eigenvalue weighted by molar-refractivity contribution is 6.32. The van der Waals surface area contributed by atoms with Gasteiger partial charge in [0.25, 0.3) is 6.43 Å². The Morgan fingerprint density at radius 3 is 2.67 bits per heavy atom. The van der Waals surface area contributed by atoms with Gasteiger partial charge in [0.1, 0.15) is 12.4 Å². The average Bonchev–Trinajstić information content (AvgIpc) is 2.17. The maximum absolute atomic E-state index is 11.9. The van der Waals surface area contributed by atoms with Gasteiger partial charge >= 0.3 is 0 Å². The van der Waals surface area contributed by atoms with Crippen LogP contribution in [-0.4, -0.2) is 13.0 Å². The van der Waals surface area contributed by atoms with Gasteiger partial charge in [-0.05, 0) is 24.1 Å². The third kappa shape index (κ3) is 4.04. The van der Waals surface area contributed by atoms with Crippen LogP contribution in [0, 0.1) is 0 Å². The second kappa shape index (κ2) is 5.91. The van der Waals surface area contributed by atoms with E-state index in [-0.39, 0.29) is 0 Å². The Balaban J connectivity index is 2.66. The van der Waals surface area contributed by atoms with Crippen molar-refractivity contribution in [3.63, 3.8) is 0 Å². The minimum atomic E-state index is -2.48. The minimum absolute atomic E-state index is 0.316. The molecule has 0 N–H and O–H groups in total. The van der Waals surface area contributed by atoms with E-state index in [2.05, 4.69) is 6.92 Å². The van der Waals surface area contributed by atoms with Crippen LogP contribution in [0.25, 0.3) is 0 Å². The molecular weight excluding hydrogens is 222 g/mol. The van der Waals surface area contributed by atoms with Gasteiger partial charge in [0.2, 0.25) is 0 Å². The molecule has 15 heavy (non-hydrogen) atoms. The molecule has 1 nitrogen and oxygen atoms in total. The fourth-order valence-corrected chi connectivity index (χ4v) is 1.52. The number of alkyl halides is 2. The molecule has 1 aromatic rings. The van der Waals surface area contributed by atoms with Gasteiger partial charge in [-0.1, -0.05) is 31.0 Å². The van der Waals surface area contributed by atoms with E-state index in [1.54, 1.807) is 12.1 Å². The number of hydrogen-bond donors (Lipinski definition) is 0. The average molecular weight is 235 g/mol. The highest BCUT2D eigenvalue weighted by Gasteiger charge is 2.07. The topological polar surface area (TPSA) is 9.23 Å². The van der Waals surface area contributed by atoms with Crippen LogP contribution < -0.4 is 4.74 Å². The Morgan fingerprint density at radius 1 is 1.40 bits per heavy atom. The van der Waals surface area contributed by atoms with Gasteiger partial charge in [-0.3, -0.25) is 0 Å². The first-order valence-corrected chi connectivity index (χ1v) is 5.20. The number of hydrogen-bond acceptors (Lipinski definition) is 1. The number of ether oxygens (including phenoxy) is 1. The molecule has 0 bridgehead atoms. The maximum atomic E-state index is 11.9. The molecule has 0 aliphatic heterocycles. The molecule has 0 aliphatic carbocycles. The standard InChI is InChI=1S/C11H13ClF2O/c1-2-3-8-4-5-10(9(12)6-8)15-7-11(13)14/h4-6,11H,2-3,7H2,1H3. The first-order valence-electron chi connectivity index (χ1n) is 4.83. The molecular formula is C11H13ClF2O. The largest absolute Gasteiger partial charge is 0.486 e. The molecule has 4 heteroatoms. The minimum Gasteiger partial charge on any atom is -0.486 e. The summed E-state index contributed by atoms with van der Waals surface area (Å²) in [5.41, 5.74) is 1.09. The van der Waals surface area contributed by atoms with Crippen molar-refractivity contribution < 1.29 is 13.5 Å². The Kier molecular flexibility index (Phi) is 4.82. The fourth-order valence-electron chi connectivity index (χ4n) is 1.26. The number of aryl methyl sites for hydroxylation is 1. The SMILES string of the molecule is CCCc1ccc(OCC(F)F)c(Cl)c1. The predicted octanol–water partition coefficient (Wildman–Crippen LogP) is 3.94. The molecule has 0 atom stereocenters. The maximum Gasteiger partial charge on any atom is 0.272 e. The molecule has 1 rings (SSSR count). The van der Waals surface area contributed by atoms with Gasteiger partial charge in [0.15, 0.2) is 0 Å². The van der Waals surface area contributed by atoms with Crippen LogP contribution in [0.5, 0.6) is 5.75 Å². The Morgan fingerprint density at radius 2 is 2.13 bits per heavy atom. The molecule has 0 unspecified atom stereocenters. The number of rotatable bonds is 5. The van der Waals surface area contributed by atoms with Crippen LogP contribution in [0.3, 0.4) is 0 Å². The lowest BCUT2D eigenvalue weighted by Gasteiger charge is -2.08. The van der Waals surface area contributed by atoms with E-state index in [0.717, 1.165) is 18.4 Å². The smallest absolute Gasteiger partial charge is 0.272 e. The van der Waals surface area contributed by atoms with Crippen molar-refractivity contribution in [3.05, 3.63) is 28.8 Å². The first kappa shape index (κ1) is 12.2. The van der Waals surface area contributed by atoms with E-state index in [0.29, 0.717) is 10.8 Å². The summed E-state index contributed by atoms with van der Waals surface area (Å²) in [6, 6.07) is 5.23. The third-order valence-corrected chi connectivity index (χ3v) is 2.20. The van der Waals surface area contributed by atoms with Crippen LogP contribution >= 0.6 is 11.6 Å². The molecule has 1 aromatic carbocycles. The molecule has 0 saturated carbocycles. The Hall–Kier alpha value is -0.830. The molecule has 0 amide bonds. The number of halogens is 3. The molecule has 0 fully saturated rings. The van der Waals surface area contributed by atoms with Gasteiger partial charge in [-0.15, -0.1) is 0 Å². The van der Waals surface area contributed by atoms with Crippen LogP contribution in [0.4, 0.5) is 8.78 Å². The first-order chi connectivity index (χ1) is 7.13. The van der Waals surface area contributed by atoms with Gasteiger partial charge in [-0.2, -0.15) is 0 Å². The molecule has 0 spiro atoms. The zero-order valence-corrected chi connectivity index (χ0v) is 9.23. The molecule has 84 valence electrons. The summed E-state index contributed by atoms with van der Waals surface area (Å²) in [5, 5.41) is 0.390. The third-order valence-electron chi connectivity index (χ3n) is 1.90. The summed E-state index contributed by atoms with van der Waals surface area (Å²) in [6.45, 7) is 1.45. The van der Waals surface area contributed by atoms with Crippen molar-refractivity contribution in [1.29, 1.82) is 0 Å². The van der Waals surface area contributed by atoms with Gasteiger partial charge in [0, 0.05) is 0 Å². The van der Waals surface area contributed by atoms with E-state index >= 15 is 0 Å². The highest BCUT2D eigenvalue weighted by atomic mass is 35.5. The van der Waals surface area contributed by atoms with Crippen molar-refractivity contribution in [1.82, 2.24) is 0 Å². The lowest BCUT2D eigenvalue weighted by atomic mass is 10.1. The van der Waals surface area contributed by atoms with Crippen LogP contribution in [-0.2, 0) is 6.42 Å². The lowest BCUT2D eigenvalue weighted by Crippen LogP contribution is -2.07. The van der Waals surface area contributed by atoms with E-state index in [9.17, 15) is 8.78 Å². The molecule has 0 heterocycles. The molecule has 0 saturated heterocycles. The van der Waals surface area contributed by atoms with Crippen molar-refractivity contribution in [2.45, 2.75) is 26.2 Å². The van der Waals surface area contributed by atoms with Crippen LogP contribution in [0.1, 0.15) is 18.9 Å². The molecule has 0 radical (unpaired) electrons. The van der Waals surface area contributed by atoms with Crippen molar-refractivity contribution in [2.24, 2.45) is 0 Å². The summed E-state index contributed by atoms with van der Waals surface area (Å²) in [4.78, 5) is 0. The van der Waals surface area contributed by atoms with E-state index in [4.69, 9.17) is 16.3 Å². The zero-order valence-electron chi connectivity index (χ0n) is 8.47. The second-order valence-corrected chi connectivity index (χ2v) is 3.62. The van der Waals surface area contributed by atoms with Crippen LogP contribution in [0.15, 0.2) is 18.2 Å². The van der Waals surface area contributed by atoms with Gasteiger partial charge in [-0.25, -0.2) is 8.78 Å². The van der Waals surface area contributed by atoms with Gasteiger partial charge in [0.05, 0.1) is 5.02 Å². The quantitative estimate of drug-likeness (QED) is 0.750. The van der Waals surface area contributed by atoms with Gasteiger partial charge < -0.3 is 4.74 Å². The van der Waals surface area contributed by atoms with Crippen molar-refractivity contribution in [3.8, 4) is 5.75 Å². The summed E-state index contributed by atoms with van der Waals surface area (Å²) >= 11 is 5.88. The molecule has 0 aliphatic rings. The lowest BCUT2D eigenvalue weighted by molar-refractivity contribution is 0.0819. The Labute approximate surface area is 93.0 Å². The van der Waals surface area contributed by atoms with E-state index in [1.807, 2.05) is 6.07 Å². The van der Waals surface area contributed by atoms with E-state index < -0.39 is 13.0 Å². The zero-order chi connectivity index (χ0) is 11.3. The summed E-state index contributed by atoms with van der Waals surface area (Å²) in [6.07, 6.45) is -0.529. The van der Waals surface area contributed by atoms with Crippen molar-refractivity contribution in [2.75, 3.05) is 6.61 Å². The summed E-state index contributed by atoms with van der Waals surface area (Å²) in [7, 11) is 0. The van der Waals surface area contributed by atoms with E-state index in [1.165, 1.54) is 0 Å². The monoisotopic (exact) mass is 234 g/mol. The number of benzene rings is 1. The highest BCUT2D eigenvalue weighted by Crippen LogP contribution is 2.26. The summed E-state index contributed by atoms with van der Waals surface area (Å²) < 4.78 is 28.6.